The number of ether oxygens (including phenoxy) is 2. The van der Waals surface area contributed by atoms with Crippen molar-refractivity contribution in [3.63, 3.8) is 0 Å². The molecule has 0 spiro atoms. The molecule has 1 aromatic carbocycles. The molecule has 162 valence electrons. The molecule has 3 aromatic rings. The molecule has 32 heavy (non-hydrogen) atoms. The third kappa shape index (κ3) is 3.49. The number of nitrogens with zero attached hydrogens (tertiary/aromatic N) is 3. The van der Waals surface area contributed by atoms with Crippen LogP contribution in [0.25, 0.3) is 11.6 Å². The summed E-state index contributed by atoms with van der Waals surface area (Å²) < 4.78 is 17.1. The zero-order valence-electron chi connectivity index (χ0n) is 17.4. The summed E-state index contributed by atoms with van der Waals surface area (Å²) in [6, 6.07) is 11.4. The topological polar surface area (TPSA) is 97.4 Å². The van der Waals surface area contributed by atoms with E-state index in [0.717, 1.165) is 22.4 Å². The first-order valence-electron chi connectivity index (χ1n) is 10.4. The number of rotatable bonds is 4. The lowest BCUT2D eigenvalue weighted by molar-refractivity contribution is 0.0523. The van der Waals surface area contributed by atoms with E-state index in [1.165, 1.54) is 0 Å². The molecule has 0 atom stereocenters. The SMILES string of the molecule is CCOC(=O)c1c(N2CCOc3ccccc3C2)oc(C=C2C=Nc3ncccc32)c1O. The maximum atomic E-state index is 12.8. The smallest absolute Gasteiger partial charge is 0.347 e. The second kappa shape index (κ2) is 8.22. The molecule has 0 bridgehead atoms. The number of furan rings is 1. The van der Waals surface area contributed by atoms with Crippen molar-refractivity contribution in [3.8, 4) is 11.5 Å². The highest BCUT2D eigenvalue weighted by Gasteiger charge is 2.31. The van der Waals surface area contributed by atoms with Gasteiger partial charge in [-0.25, -0.2) is 14.8 Å². The molecule has 0 saturated heterocycles. The zero-order valence-corrected chi connectivity index (χ0v) is 17.4. The highest BCUT2D eigenvalue weighted by atomic mass is 16.5. The number of aromatic hydroxyl groups is 1. The highest BCUT2D eigenvalue weighted by molar-refractivity contribution is 6.21. The molecule has 0 unspecified atom stereocenters. The summed E-state index contributed by atoms with van der Waals surface area (Å²) in [5, 5.41) is 11.0. The standard InChI is InChI=1S/C24H21N3O5/c1-2-30-24(29)20-21(28)19(12-16-13-26-22-17(16)7-5-9-25-22)32-23(20)27-10-11-31-18-8-4-3-6-15(18)14-27/h3-9,12-13,28H,2,10-11,14H2,1H3. The monoisotopic (exact) mass is 431 g/mol. The number of aromatic nitrogens is 1. The number of fused-ring (bicyclic) bond motifs is 2. The van der Waals surface area contributed by atoms with E-state index in [1.807, 2.05) is 41.3 Å². The fourth-order valence-corrected chi connectivity index (χ4v) is 3.82. The molecule has 5 rings (SSSR count). The molecule has 2 aromatic heterocycles. The molecular formula is C24H21N3O5. The number of esters is 1. The van der Waals surface area contributed by atoms with E-state index in [4.69, 9.17) is 13.9 Å². The number of carbonyl (C=O) groups excluding carboxylic acids is 1. The number of hydrogen-bond acceptors (Lipinski definition) is 8. The largest absolute Gasteiger partial charge is 0.504 e. The lowest BCUT2D eigenvalue weighted by Crippen LogP contribution is -2.26. The van der Waals surface area contributed by atoms with Gasteiger partial charge in [-0.3, -0.25) is 0 Å². The Hall–Kier alpha value is -4.07. The quantitative estimate of drug-likeness (QED) is 0.618. The van der Waals surface area contributed by atoms with Crippen LogP contribution in [-0.2, 0) is 11.3 Å². The van der Waals surface area contributed by atoms with Gasteiger partial charge in [-0.2, -0.15) is 0 Å². The number of aliphatic imine (C=N–C) groups is 1. The van der Waals surface area contributed by atoms with Crippen LogP contribution in [0.4, 0.5) is 11.7 Å². The van der Waals surface area contributed by atoms with Crippen molar-refractivity contribution in [2.45, 2.75) is 13.5 Å². The Labute approximate surface area is 184 Å². The van der Waals surface area contributed by atoms with Crippen molar-refractivity contribution >= 4 is 35.5 Å². The van der Waals surface area contributed by atoms with E-state index in [0.29, 0.717) is 25.5 Å². The Morgan fingerprint density at radius 3 is 3.03 bits per heavy atom. The summed E-state index contributed by atoms with van der Waals surface area (Å²) in [5.74, 6) is 0.868. The van der Waals surface area contributed by atoms with Crippen LogP contribution in [0.2, 0.25) is 0 Å². The van der Waals surface area contributed by atoms with Crippen LogP contribution < -0.4 is 9.64 Å². The number of hydrogen-bond donors (Lipinski definition) is 1. The first-order chi connectivity index (χ1) is 15.7. The van der Waals surface area contributed by atoms with E-state index in [-0.39, 0.29) is 29.6 Å². The van der Waals surface area contributed by atoms with Crippen molar-refractivity contribution in [1.82, 2.24) is 4.98 Å². The summed E-state index contributed by atoms with van der Waals surface area (Å²) >= 11 is 0. The van der Waals surface area contributed by atoms with Crippen LogP contribution in [0.15, 0.2) is 52.0 Å². The first-order valence-corrected chi connectivity index (χ1v) is 10.4. The fourth-order valence-electron chi connectivity index (χ4n) is 3.82. The average molecular weight is 431 g/mol. The van der Waals surface area contributed by atoms with Crippen molar-refractivity contribution in [2.24, 2.45) is 4.99 Å². The third-order valence-corrected chi connectivity index (χ3v) is 5.32. The van der Waals surface area contributed by atoms with Gasteiger partial charge in [0, 0.05) is 35.7 Å². The van der Waals surface area contributed by atoms with Gasteiger partial charge in [-0.1, -0.05) is 18.2 Å². The maximum absolute atomic E-state index is 12.8. The molecule has 0 saturated carbocycles. The lowest BCUT2D eigenvalue weighted by Gasteiger charge is -2.20. The number of pyridine rings is 1. The molecular weight excluding hydrogens is 410 g/mol. The molecule has 1 N–H and O–H groups in total. The first kappa shape index (κ1) is 19.9. The normalized spacial score (nSPS) is 15.8. The molecule has 8 nitrogen and oxygen atoms in total. The number of anilines is 1. The van der Waals surface area contributed by atoms with Crippen LogP contribution in [0.1, 0.15) is 34.2 Å². The molecule has 0 fully saturated rings. The van der Waals surface area contributed by atoms with Gasteiger partial charge in [0.25, 0.3) is 0 Å². The Balaban J connectivity index is 1.58. The minimum Gasteiger partial charge on any atom is -0.504 e. The van der Waals surface area contributed by atoms with Crippen LogP contribution in [0, 0.1) is 0 Å². The van der Waals surface area contributed by atoms with Crippen LogP contribution in [0.5, 0.6) is 11.5 Å². The average Bonchev–Trinajstić information content (AvgIpc) is 3.27. The summed E-state index contributed by atoms with van der Waals surface area (Å²) in [4.78, 5) is 23.1. The zero-order chi connectivity index (χ0) is 22.1. The van der Waals surface area contributed by atoms with Crippen molar-refractivity contribution in [3.05, 3.63) is 65.0 Å². The number of benzene rings is 1. The molecule has 2 aliphatic rings. The Morgan fingerprint density at radius 2 is 2.16 bits per heavy atom. The van der Waals surface area contributed by atoms with Crippen molar-refractivity contribution < 1.29 is 23.8 Å². The number of carbonyl (C=O) groups is 1. The number of para-hydroxylation sites is 1. The molecule has 0 amide bonds. The van der Waals surface area contributed by atoms with Gasteiger partial charge in [-0.15, -0.1) is 0 Å². The molecule has 0 radical (unpaired) electrons. The third-order valence-electron chi connectivity index (χ3n) is 5.32. The highest BCUT2D eigenvalue weighted by Crippen LogP contribution is 2.41. The van der Waals surface area contributed by atoms with E-state index < -0.39 is 5.97 Å². The van der Waals surface area contributed by atoms with E-state index in [1.54, 1.807) is 25.4 Å². The molecule has 8 heteroatoms. The molecule has 2 aliphatic heterocycles. The van der Waals surface area contributed by atoms with Gasteiger partial charge in [0.05, 0.1) is 13.2 Å². The van der Waals surface area contributed by atoms with Gasteiger partial charge in [0.15, 0.2) is 22.9 Å². The predicted molar refractivity (Wildman–Crippen MR) is 120 cm³/mol. The summed E-state index contributed by atoms with van der Waals surface area (Å²) in [6.45, 7) is 3.23. The Morgan fingerprint density at radius 1 is 1.28 bits per heavy atom. The van der Waals surface area contributed by atoms with Gasteiger partial charge in [0.1, 0.15) is 12.4 Å². The van der Waals surface area contributed by atoms with Crippen molar-refractivity contribution in [1.29, 1.82) is 0 Å². The van der Waals surface area contributed by atoms with Crippen LogP contribution in [-0.4, -0.2) is 42.0 Å². The minimum atomic E-state index is -0.644. The Kier molecular flexibility index (Phi) is 5.10. The van der Waals surface area contributed by atoms with Crippen LogP contribution >= 0.6 is 0 Å². The summed E-state index contributed by atoms with van der Waals surface area (Å²) in [7, 11) is 0. The molecule has 0 aliphatic carbocycles. The van der Waals surface area contributed by atoms with Gasteiger partial charge < -0.3 is 23.9 Å². The Bertz CT molecular complexity index is 1240. The van der Waals surface area contributed by atoms with Crippen molar-refractivity contribution in [2.75, 3.05) is 24.7 Å². The summed E-state index contributed by atoms with van der Waals surface area (Å²) in [6.07, 6.45) is 4.97. The fraction of sp³-hybridized carbons (Fsp3) is 0.208. The van der Waals surface area contributed by atoms with Gasteiger partial charge >= 0.3 is 5.97 Å². The second-order valence-electron chi connectivity index (χ2n) is 7.33. The predicted octanol–water partition coefficient (Wildman–Crippen LogP) is 4.21. The maximum Gasteiger partial charge on any atom is 0.347 e. The van der Waals surface area contributed by atoms with E-state index in [9.17, 15) is 9.90 Å². The lowest BCUT2D eigenvalue weighted by atomic mass is 10.1. The minimum absolute atomic E-state index is 0.000531. The number of allylic oxidation sites excluding steroid dienone is 1. The summed E-state index contributed by atoms with van der Waals surface area (Å²) in [5.41, 5.74) is 2.50. The van der Waals surface area contributed by atoms with Gasteiger partial charge in [0.2, 0.25) is 5.88 Å². The van der Waals surface area contributed by atoms with Crippen LogP contribution in [0.3, 0.4) is 0 Å². The van der Waals surface area contributed by atoms with E-state index in [2.05, 4.69) is 9.98 Å². The van der Waals surface area contributed by atoms with Gasteiger partial charge in [-0.05, 0) is 31.2 Å². The van der Waals surface area contributed by atoms with E-state index >= 15 is 0 Å². The second-order valence-corrected chi connectivity index (χ2v) is 7.33. The molecule has 4 heterocycles.